The Hall–Kier alpha value is -4.91. The van der Waals surface area contributed by atoms with Crippen molar-refractivity contribution < 1.29 is 26.7 Å². The Labute approximate surface area is 214 Å². The predicted molar refractivity (Wildman–Crippen MR) is 136 cm³/mol. The first kappa shape index (κ1) is 24.8. The molecule has 0 fully saturated rings. The molecule has 0 unspecified atom stereocenters. The van der Waals surface area contributed by atoms with E-state index in [9.17, 15) is 17.6 Å². The van der Waals surface area contributed by atoms with Crippen LogP contribution >= 0.6 is 0 Å². The predicted octanol–water partition coefficient (Wildman–Crippen LogP) is 4.31. The lowest BCUT2D eigenvalue weighted by atomic mass is 10.0. The third kappa shape index (κ3) is 4.86. The van der Waals surface area contributed by atoms with Gasteiger partial charge in [-0.1, -0.05) is 18.2 Å². The van der Waals surface area contributed by atoms with Crippen molar-refractivity contribution in [1.29, 1.82) is 0 Å². The maximum Gasteiger partial charge on any atom is 0.321 e. The molecule has 0 atom stereocenters. The van der Waals surface area contributed by atoms with Crippen molar-refractivity contribution in [3.63, 3.8) is 0 Å². The number of hydrogen-bond donors (Lipinski definition) is 3. The van der Waals surface area contributed by atoms with Gasteiger partial charge >= 0.3 is 16.2 Å². The monoisotopic (exact) mass is 536 g/mol. The first-order valence-electron chi connectivity index (χ1n) is 11.0. The smallest absolute Gasteiger partial charge is 0.321 e. The van der Waals surface area contributed by atoms with E-state index in [1.165, 1.54) is 44.0 Å². The number of halogens is 2. The van der Waals surface area contributed by atoms with Crippen molar-refractivity contribution in [3.05, 3.63) is 96.1 Å². The zero-order valence-electron chi connectivity index (χ0n) is 19.6. The number of carbonyl (C=O) groups excluding carboxylic acids is 1. The summed E-state index contributed by atoms with van der Waals surface area (Å²) in [5, 5.41) is 0.291. The second-order valence-electron chi connectivity index (χ2n) is 7.97. The molecule has 38 heavy (non-hydrogen) atoms. The Balaban J connectivity index is 1.49. The fraction of sp³-hybridized carbons (Fsp3) is 0.0400. The maximum atomic E-state index is 15.4. The number of benzene rings is 2. The van der Waals surface area contributed by atoms with Crippen LogP contribution in [0.4, 0.5) is 20.2 Å². The number of nitrogens with zero attached hydrogens (tertiary/aromatic N) is 3. The van der Waals surface area contributed by atoms with Gasteiger partial charge in [-0.15, -0.1) is 0 Å². The molecule has 3 heterocycles. The molecule has 0 radical (unpaired) electrons. The van der Waals surface area contributed by atoms with E-state index in [0.29, 0.717) is 22.2 Å². The molecule has 10 nitrogen and oxygen atoms in total. The molecular weight excluding hydrogens is 518 g/mol. The lowest BCUT2D eigenvalue weighted by Crippen LogP contribution is -2.23. The lowest BCUT2D eigenvalue weighted by Gasteiger charge is -2.13. The molecule has 0 saturated carbocycles. The van der Waals surface area contributed by atoms with E-state index in [0.717, 1.165) is 12.1 Å². The van der Waals surface area contributed by atoms with Crippen molar-refractivity contribution in [2.75, 3.05) is 16.6 Å². The molecule has 5 aromatic rings. The highest BCUT2D eigenvalue weighted by Crippen LogP contribution is 2.29. The molecule has 192 valence electrons. The molecule has 0 bridgehead atoms. The molecule has 0 aliphatic heterocycles. The molecule has 5 rings (SSSR count). The second kappa shape index (κ2) is 9.86. The summed E-state index contributed by atoms with van der Waals surface area (Å²) in [4.78, 5) is 28.5. The maximum absolute atomic E-state index is 15.4. The number of rotatable bonds is 8. The minimum Gasteiger partial charge on any atom is -0.467 e. The van der Waals surface area contributed by atoms with Crippen LogP contribution < -0.4 is 14.2 Å². The summed E-state index contributed by atoms with van der Waals surface area (Å²) in [7, 11) is -2.88. The van der Waals surface area contributed by atoms with Crippen molar-refractivity contribution in [1.82, 2.24) is 19.9 Å². The van der Waals surface area contributed by atoms with Crippen molar-refractivity contribution in [2.45, 2.75) is 0 Å². The van der Waals surface area contributed by atoms with Gasteiger partial charge in [0.25, 0.3) is 0 Å². The number of pyridine rings is 1. The highest BCUT2D eigenvalue weighted by Gasteiger charge is 2.26. The molecule has 0 spiro atoms. The van der Waals surface area contributed by atoms with E-state index in [-0.39, 0.29) is 17.3 Å². The summed E-state index contributed by atoms with van der Waals surface area (Å²) in [6.45, 7) is 0. The summed E-state index contributed by atoms with van der Waals surface area (Å²) in [6, 6.07) is 11.4. The van der Waals surface area contributed by atoms with Crippen LogP contribution in [0.15, 0.2) is 73.3 Å². The third-order valence-electron chi connectivity index (χ3n) is 5.51. The number of para-hydroxylation sites is 1. The van der Waals surface area contributed by atoms with Crippen LogP contribution in [0.25, 0.3) is 22.2 Å². The summed E-state index contributed by atoms with van der Waals surface area (Å²) < 4.78 is 64.3. The normalized spacial score (nSPS) is 11.3. The summed E-state index contributed by atoms with van der Waals surface area (Å²) in [5.74, 6) is -3.53. The number of methoxy groups -OCH3 is 1. The van der Waals surface area contributed by atoms with Gasteiger partial charge in [0.15, 0.2) is 5.82 Å². The van der Waals surface area contributed by atoms with Crippen LogP contribution in [0.1, 0.15) is 15.9 Å². The average molecular weight is 537 g/mol. The van der Waals surface area contributed by atoms with E-state index >= 15 is 4.39 Å². The van der Waals surface area contributed by atoms with Crippen molar-refractivity contribution in [3.8, 4) is 17.1 Å². The van der Waals surface area contributed by atoms with Gasteiger partial charge in [0.05, 0.1) is 24.0 Å². The third-order valence-corrected chi connectivity index (χ3v) is 6.50. The highest BCUT2D eigenvalue weighted by molar-refractivity contribution is 7.94. The first-order chi connectivity index (χ1) is 18.3. The van der Waals surface area contributed by atoms with E-state index in [2.05, 4.69) is 24.7 Å². The Morgan fingerprint density at radius 1 is 0.947 bits per heavy atom. The summed E-state index contributed by atoms with van der Waals surface area (Å²) in [5.41, 5.74) is 0.0439. The number of ether oxygens (including phenoxy) is 1. The zero-order valence-corrected chi connectivity index (χ0v) is 20.4. The number of H-pyrrole nitrogens is 1. The van der Waals surface area contributed by atoms with Gasteiger partial charge in [-0.05, 0) is 30.3 Å². The Kier molecular flexibility index (Phi) is 6.43. The minimum absolute atomic E-state index is 0.0657. The van der Waals surface area contributed by atoms with E-state index in [1.807, 2.05) is 4.72 Å². The van der Waals surface area contributed by atoms with Crippen LogP contribution in [0.3, 0.4) is 0 Å². The van der Waals surface area contributed by atoms with Gasteiger partial charge in [-0.3, -0.25) is 14.2 Å². The highest BCUT2D eigenvalue weighted by atomic mass is 32.2. The molecule has 13 heteroatoms. The quantitative estimate of drug-likeness (QED) is 0.251. The van der Waals surface area contributed by atoms with Gasteiger partial charge < -0.3 is 9.72 Å². The Morgan fingerprint density at radius 3 is 2.37 bits per heavy atom. The van der Waals surface area contributed by atoms with Gasteiger partial charge in [0.2, 0.25) is 5.78 Å². The summed E-state index contributed by atoms with van der Waals surface area (Å²) in [6.07, 6.45) is 5.80. The lowest BCUT2D eigenvalue weighted by molar-refractivity contribution is 0.103. The molecule has 0 aliphatic rings. The van der Waals surface area contributed by atoms with Gasteiger partial charge in [-0.25, -0.2) is 23.7 Å². The van der Waals surface area contributed by atoms with Crippen LogP contribution in [0.5, 0.6) is 6.01 Å². The number of carbonyl (C=O) groups is 1. The van der Waals surface area contributed by atoms with Crippen LogP contribution in [-0.2, 0) is 10.2 Å². The summed E-state index contributed by atoms with van der Waals surface area (Å²) >= 11 is 0. The molecule has 0 saturated heterocycles. The van der Waals surface area contributed by atoms with E-state index in [1.54, 1.807) is 24.3 Å². The molecule has 2 aromatic carbocycles. The largest absolute Gasteiger partial charge is 0.467 e. The van der Waals surface area contributed by atoms with Crippen LogP contribution in [-0.4, -0.2) is 41.2 Å². The molecular formula is C25H18F2N6O4S. The molecule has 3 N–H and O–H groups in total. The standard InChI is InChI=1S/C25H18F2N6O4S/c1-37-25-30-11-15(12-31-25)14-9-17-18(13-29-24(17)28-10-14)23(34)21-19(26)7-8-20(22(21)27)33-38(35,36)32-16-5-3-2-4-6-16/h2-13,32-33H,1H3,(H,28,29). The van der Waals surface area contributed by atoms with Gasteiger partial charge in [0.1, 0.15) is 11.5 Å². The van der Waals surface area contributed by atoms with Crippen LogP contribution in [0.2, 0.25) is 0 Å². The zero-order chi connectivity index (χ0) is 26.9. The Bertz CT molecular complexity index is 1760. The van der Waals surface area contributed by atoms with Crippen molar-refractivity contribution in [2.24, 2.45) is 0 Å². The Morgan fingerprint density at radius 2 is 1.66 bits per heavy atom. The van der Waals surface area contributed by atoms with Crippen molar-refractivity contribution >= 4 is 38.4 Å². The number of anilines is 2. The molecule has 3 aromatic heterocycles. The number of hydrogen-bond acceptors (Lipinski definition) is 7. The van der Waals surface area contributed by atoms with E-state index in [4.69, 9.17) is 4.74 Å². The number of ketones is 1. The fourth-order valence-corrected chi connectivity index (χ4v) is 4.67. The number of fused-ring (bicyclic) bond motifs is 1. The van der Waals surface area contributed by atoms with Gasteiger partial charge in [-0.2, -0.15) is 8.42 Å². The van der Waals surface area contributed by atoms with Gasteiger partial charge in [0, 0.05) is 46.9 Å². The second-order valence-corrected chi connectivity index (χ2v) is 9.38. The number of aromatic nitrogens is 4. The number of aromatic amines is 1. The minimum atomic E-state index is -4.31. The van der Waals surface area contributed by atoms with E-state index < -0.39 is 38.9 Å². The molecule has 0 aliphatic carbocycles. The topological polar surface area (TPSA) is 139 Å². The first-order valence-corrected chi connectivity index (χ1v) is 12.5. The number of nitrogens with one attached hydrogen (secondary N) is 3. The fourth-order valence-electron chi connectivity index (χ4n) is 3.73. The average Bonchev–Trinajstić information content (AvgIpc) is 3.34. The van der Waals surface area contributed by atoms with Crippen LogP contribution in [0, 0.1) is 11.6 Å². The molecule has 0 amide bonds. The SMILES string of the molecule is COc1ncc(-c2cnc3[nH]cc(C(=O)c4c(F)ccc(NS(=O)(=O)Nc5ccccc5)c4F)c3c2)cn1.